The van der Waals surface area contributed by atoms with E-state index in [2.05, 4.69) is 12.3 Å². The molecule has 0 atom stereocenters. The van der Waals surface area contributed by atoms with Gasteiger partial charge in [-0.25, -0.2) is 4.39 Å². The molecule has 1 nitrogen and oxygen atoms in total. The Morgan fingerprint density at radius 3 is 2.43 bits per heavy atom. The molecule has 1 fully saturated rings. The largest absolute Gasteiger partial charge is 0.256 e. The summed E-state index contributed by atoms with van der Waals surface area (Å²) in [7, 11) is -1.20. The fraction of sp³-hybridized carbons (Fsp3) is 0.389. The van der Waals surface area contributed by atoms with Crippen molar-refractivity contribution in [1.29, 1.82) is 0 Å². The van der Waals surface area contributed by atoms with Gasteiger partial charge in [0.2, 0.25) is 0 Å². The third-order valence-electron chi connectivity index (χ3n) is 5.36. The van der Waals surface area contributed by atoms with Crippen molar-refractivity contribution in [3.05, 3.63) is 47.9 Å². The second kappa shape index (κ2) is 5.06. The van der Waals surface area contributed by atoms with E-state index in [4.69, 9.17) is 4.98 Å². The minimum absolute atomic E-state index is 0.186. The van der Waals surface area contributed by atoms with Gasteiger partial charge in [0, 0.05) is 11.8 Å². The summed E-state index contributed by atoms with van der Waals surface area (Å²) in [4.78, 5) is 4.72. The van der Waals surface area contributed by atoms with Crippen LogP contribution in [0.25, 0.3) is 11.3 Å². The number of hydrogen-bond acceptors (Lipinski definition) is 1. The van der Waals surface area contributed by atoms with Gasteiger partial charge in [-0.15, -0.1) is 0 Å². The second-order valence-electron chi connectivity index (χ2n) is 6.57. The van der Waals surface area contributed by atoms with E-state index >= 15 is 0 Å². The summed E-state index contributed by atoms with van der Waals surface area (Å²) >= 11 is 0. The summed E-state index contributed by atoms with van der Waals surface area (Å²) in [6.45, 7) is 0. The van der Waals surface area contributed by atoms with Crippen molar-refractivity contribution in [2.45, 2.75) is 43.8 Å². The van der Waals surface area contributed by atoms with Gasteiger partial charge in [-0.05, 0) is 47.5 Å². The molecular formula is C18H20FNSi. The average Bonchev–Trinajstić information content (AvgIpc) is 2.97. The minimum atomic E-state index is -1.20. The molecule has 0 N–H and O–H groups in total. The summed E-state index contributed by atoms with van der Waals surface area (Å²) in [5.74, 6) is -0.186. The van der Waals surface area contributed by atoms with Crippen LogP contribution in [0.2, 0.25) is 18.1 Å². The van der Waals surface area contributed by atoms with Crippen molar-refractivity contribution in [3.8, 4) is 11.3 Å². The van der Waals surface area contributed by atoms with Gasteiger partial charge in [0.05, 0.1) is 13.8 Å². The van der Waals surface area contributed by atoms with Gasteiger partial charge in [-0.3, -0.25) is 4.98 Å². The van der Waals surface area contributed by atoms with Crippen LogP contribution in [0.4, 0.5) is 4.39 Å². The first-order valence-electron chi connectivity index (χ1n) is 8.02. The minimum Gasteiger partial charge on any atom is -0.256 e. The highest BCUT2D eigenvalue weighted by Crippen LogP contribution is 2.38. The predicted octanol–water partition coefficient (Wildman–Crippen LogP) is 4.28. The van der Waals surface area contributed by atoms with E-state index in [1.54, 1.807) is 5.19 Å². The molecule has 1 aromatic heterocycles. The number of rotatable bonds is 1. The Bertz CT molecular complexity index is 659. The number of hydrogen-bond donors (Lipinski definition) is 0. The van der Waals surface area contributed by atoms with Crippen molar-refractivity contribution in [3.63, 3.8) is 0 Å². The SMILES string of the molecule is Fc1ccc(-c2cc3c(cn2)[Si]2(CCCC2)CCC3)cc1. The van der Waals surface area contributed by atoms with Crippen LogP contribution in [0, 0.1) is 5.82 Å². The first-order chi connectivity index (χ1) is 10.3. The molecule has 21 heavy (non-hydrogen) atoms. The Morgan fingerprint density at radius 1 is 0.952 bits per heavy atom. The van der Waals surface area contributed by atoms with Crippen LogP contribution in [0.3, 0.4) is 0 Å². The smallest absolute Gasteiger partial charge is 0.123 e. The van der Waals surface area contributed by atoms with Crippen molar-refractivity contribution in [2.24, 2.45) is 0 Å². The molecule has 0 aliphatic carbocycles. The molecule has 0 amide bonds. The number of pyridine rings is 1. The Hall–Kier alpha value is -1.48. The zero-order valence-corrected chi connectivity index (χ0v) is 13.2. The topological polar surface area (TPSA) is 12.9 Å². The number of nitrogens with zero attached hydrogens (tertiary/aromatic N) is 1. The van der Waals surface area contributed by atoms with Gasteiger partial charge in [0.15, 0.2) is 0 Å². The van der Waals surface area contributed by atoms with E-state index in [-0.39, 0.29) is 5.82 Å². The molecule has 2 aromatic rings. The first-order valence-corrected chi connectivity index (χ1v) is 10.6. The second-order valence-corrected chi connectivity index (χ2v) is 11.2. The number of halogens is 1. The number of aryl methyl sites for hydroxylation is 1. The van der Waals surface area contributed by atoms with Crippen LogP contribution in [-0.2, 0) is 6.42 Å². The molecule has 2 aliphatic heterocycles. The van der Waals surface area contributed by atoms with Gasteiger partial charge in [-0.1, -0.05) is 37.4 Å². The van der Waals surface area contributed by atoms with Crippen LogP contribution >= 0.6 is 0 Å². The summed E-state index contributed by atoms with van der Waals surface area (Å²) in [6.07, 6.45) is 7.56. The molecule has 1 aromatic carbocycles. The normalized spacial score (nSPS) is 19.7. The summed E-state index contributed by atoms with van der Waals surface area (Å²) < 4.78 is 13.1. The molecule has 108 valence electrons. The third kappa shape index (κ3) is 2.24. The molecular weight excluding hydrogens is 277 g/mol. The fourth-order valence-corrected chi connectivity index (χ4v) is 9.76. The van der Waals surface area contributed by atoms with Gasteiger partial charge in [-0.2, -0.15) is 0 Å². The maximum atomic E-state index is 13.1. The lowest BCUT2D eigenvalue weighted by molar-refractivity contribution is 0.628. The third-order valence-corrected chi connectivity index (χ3v) is 10.9. The van der Waals surface area contributed by atoms with E-state index < -0.39 is 8.07 Å². The average molecular weight is 297 g/mol. The lowest BCUT2D eigenvalue weighted by atomic mass is 10.1. The Balaban J connectivity index is 1.76. The Labute approximate surface area is 126 Å². The standard InChI is InChI=1S/C18H20FNSi/c19-16-7-5-14(6-8-16)17-12-15-4-3-11-21(9-1-2-10-21)18(15)13-20-17/h5-8,12-13H,1-4,9-11H2. The lowest BCUT2D eigenvalue weighted by Gasteiger charge is -2.33. The molecule has 2 aliphatic rings. The molecule has 0 saturated carbocycles. The van der Waals surface area contributed by atoms with Crippen LogP contribution in [0.1, 0.15) is 24.8 Å². The van der Waals surface area contributed by atoms with E-state index in [0.29, 0.717) is 0 Å². The monoisotopic (exact) mass is 297 g/mol. The van der Waals surface area contributed by atoms with Crippen LogP contribution < -0.4 is 5.19 Å². The fourth-order valence-electron chi connectivity index (χ4n) is 4.28. The predicted molar refractivity (Wildman–Crippen MR) is 87.0 cm³/mol. The highest BCUT2D eigenvalue weighted by Gasteiger charge is 2.41. The molecule has 0 bridgehead atoms. The molecule has 3 heterocycles. The number of benzene rings is 1. The molecule has 3 heteroatoms. The molecule has 0 unspecified atom stereocenters. The maximum Gasteiger partial charge on any atom is 0.123 e. The number of aromatic nitrogens is 1. The van der Waals surface area contributed by atoms with Crippen molar-refractivity contribution >= 4 is 13.3 Å². The zero-order valence-electron chi connectivity index (χ0n) is 12.2. The van der Waals surface area contributed by atoms with Gasteiger partial charge in [0.25, 0.3) is 0 Å². The molecule has 1 spiro atoms. The van der Waals surface area contributed by atoms with Crippen molar-refractivity contribution < 1.29 is 4.39 Å². The van der Waals surface area contributed by atoms with E-state index in [1.165, 1.54) is 61.5 Å². The van der Waals surface area contributed by atoms with Gasteiger partial charge >= 0.3 is 0 Å². The lowest BCUT2D eigenvalue weighted by Crippen LogP contribution is -2.49. The summed E-state index contributed by atoms with van der Waals surface area (Å²) in [6, 6.07) is 13.4. The molecule has 1 saturated heterocycles. The highest BCUT2D eigenvalue weighted by atomic mass is 28.3. The first kappa shape index (κ1) is 13.2. The molecule has 4 rings (SSSR count). The molecule has 0 radical (unpaired) electrons. The highest BCUT2D eigenvalue weighted by molar-refractivity contribution is 6.92. The van der Waals surface area contributed by atoms with Gasteiger partial charge < -0.3 is 0 Å². The van der Waals surface area contributed by atoms with Crippen molar-refractivity contribution in [2.75, 3.05) is 0 Å². The van der Waals surface area contributed by atoms with Crippen molar-refractivity contribution in [1.82, 2.24) is 4.98 Å². The van der Waals surface area contributed by atoms with E-state index in [1.807, 2.05) is 12.1 Å². The summed E-state index contributed by atoms with van der Waals surface area (Å²) in [5, 5.41) is 1.64. The Morgan fingerprint density at radius 2 is 1.67 bits per heavy atom. The quantitative estimate of drug-likeness (QED) is 0.716. The van der Waals surface area contributed by atoms with Crippen LogP contribution in [0.15, 0.2) is 36.5 Å². The van der Waals surface area contributed by atoms with E-state index in [9.17, 15) is 4.39 Å². The van der Waals surface area contributed by atoms with E-state index in [0.717, 1.165) is 11.3 Å². The maximum absolute atomic E-state index is 13.1. The van der Waals surface area contributed by atoms with Crippen LogP contribution in [0.5, 0.6) is 0 Å². The van der Waals surface area contributed by atoms with Gasteiger partial charge in [0.1, 0.15) is 5.82 Å². The number of fused-ring (bicyclic) bond motifs is 2. The summed E-state index contributed by atoms with van der Waals surface area (Å²) in [5.41, 5.74) is 3.55. The zero-order chi connectivity index (χ0) is 14.3. The van der Waals surface area contributed by atoms with Crippen LogP contribution in [-0.4, -0.2) is 13.1 Å². The Kier molecular flexibility index (Phi) is 3.18.